The summed E-state index contributed by atoms with van der Waals surface area (Å²) in [6, 6.07) is 7.16. The van der Waals surface area contributed by atoms with Crippen molar-refractivity contribution in [1.29, 1.82) is 0 Å². The number of aromatic nitrogens is 2. The highest BCUT2D eigenvalue weighted by molar-refractivity contribution is 5.91. The van der Waals surface area contributed by atoms with Gasteiger partial charge in [-0.1, -0.05) is 12.1 Å². The summed E-state index contributed by atoms with van der Waals surface area (Å²) in [4.78, 5) is 46.2. The molecule has 2 aromatic rings. The van der Waals surface area contributed by atoms with E-state index in [9.17, 15) is 14.4 Å². The Kier molecular flexibility index (Phi) is 5.95. The number of piperidine rings is 1. The number of nitrogens with zero attached hydrogens (tertiary/aromatic N) is 3. The van der Waals surface area contributed by atoms with Crippen molar-refractivity contribution in [1.82, 2.24) is 14.9 Å². The highest BCUT2D eigenvalue weighted by Crippen LogP contribution is 2.18. The fourth-order valence-corrected chi connectivity index (χ4v) is 3.00. The van der Waals surface area contributed by atoms with Crippen molar-refractivity contribution in [2.75, 3.05) is 26.3 Å². The molecule has 1 aromatic heterocycles. The van der Waals surface area contributed by atoms with Gasteiger partial charge in [0, 0.05) is 13.1 Å². The molecule has 0 spiro atoms. The van der Waals surface area contributed by atoms with Crippen molar-refractivity contribution < 1.29 is 23.9 Å². The Bertz CT molecular complexity index is 854. The molecule has 1 unspecified atom stereocenters. The molecule has 3 rings (SSSR count). The third kappa shape index (κ3) is 4.58. The fourth-order valence-electron chi connectivity index (χ4n) is 3.00. The fraction of sp³-hybridized carbons (Fsp3) is 0.421. The molecular weight excluding hydrogens is 350 g/mol. The van der Waals surface area contributed by atoms with E-state index in [1.807, 2.05) is 6.07 Å². The maximum absolute atomic E-state index is 12.3. The van der Waals surface area contributed by atoms with Crippen molar-refractivity contribution in [2.45, 2.75) is 19.8 Å². The number of hydrogen-bond acceptors (Lipinski definition) is 7. The molecule has 0 saturated carbocycles. The summed E-state index contributed by atoms with van der Waals surface area (Å²) in [5, 5.41) is 0. The molecular formula is C19H21N3O5. The molecule has 2 heterocycles. The van der Waals surface area contributed by atoms with Crippen LogP contribution in [0, 0.1) is 5.92 Å². The van der Waals surface area contributed by atoms with Crippen molar-refractivity contribution in [3.63, 3.8) is 0 Å². The summed E-state index contributed by atoms with van der Waals surface area (Å²) in [6.07, 6.45) is 2.72. The molecule has 8 heteroatoms. The normalized spacial score (nSPS) is 16.8. The predicted molar refractivity (Wildman–Crippen MR) is 95.8 cm³/mol. The zero-order chi connectivity index (χ0) is 19.2. The summed E-state index contributed by atoms with van der Waals surface area (Å²) in [5.41, 5.74) is 1.29. The van der Waals surface area contributed by atoms with Crippen molar-refractivity contribution in [3.8, 4) is 0 Å². The summed E-state index contributed by atoms with van der Waals surface area (Å²) < 4.78 is 10.1. The van der Waals surface area contributed by atoms with Gasteiger partial charge in [0.2, 0.25) is 0 Å². The molecule has 1 aliphatic rings. The van der Waals surface area contributed by atoms with Gasteiger partial charge in [0.05, 0.1) is 29.8 Å². The van der Waals surface area contributed by atoms with Crippen LogP contribution in [-0.4, -0.2) is 59.0 Å². The minimum absolute atomic E-state index is 0.0459. The van der Waals surface area contributed by atoms with Gasteiger partial charge in [-0.25, -0.2) is 9.78 Å². The van der Waals surface area contributed by atoms with Gasteiger partial charge < -0.3 is 14.4 Å². The number of carbonyl (C=O) groups is 3. The average molecular weight is 371 g/mol. The maximum atomic E-state index is 12.3. The van der Waals surface area contributed by atoms with Crippen LogP contribution >= 0.6 is 0 Å². The van der Waals surface area contributed by atoms with E-state index < -0.39 is 12.6 Å². The zero-order valence-electron chi connectivity index (χ0n) is 15.1. The molecule has 1 amide bonds. The lowest BCUT2D eigenvalue weighted by Crippen LogP contribution is -2.44. The molecule has 27 heavy (non-hydrogen) atoms. The summed E-state index contributed by atoms with van der Waals surface area (Å²) in [5.74, 6) is -1.67. The Hall–Kier alpha value is -3.03. The van der Waals surface area contributed by atoms with Gasteiger partial charge in [0.25, 0.3) is 5.91 Å². The monoisotopic (exact) mass is 371 g/mol. The number of benzene rings is 1. The molecule has 1 fully saturated rings. The first kappa shape index (κ1) is 18.8. The van der Waals surface area contributed by atoms with Crippen LogP contribution in [0.4, 0.5) is 0 Å². The smallest absolute Gasteiger partial charge is 0.359 e. The Labute approximate surface area is 156 Å². The summed E-state index contributed by atoms with van der Waals surface area (Å²) in [6.45, 7) is 2.47. The SMILES string of the molecule is CCOC(=O)C1CCCN(C(=O)COC(=O)c2cnc3ccccc3n2)C1. The zero-order valence-corrected chi connectivity index (χ0v) is 15.1. The highest BCUT2D eigenvalue weighted by Gasteiger charge is 2.29. The van der Waals surface area contributed by atoms with Gasteiger partial charge in [0.15, 0.2) is 12.3 Å². The Morgan fingerprint density at radius 3 is 2.74 bits per heavy atom. The highest BCUT2D eigenvalue weighted by atomic mass is 16.5. The molecule has 0 N–H and O–H groups in total. The molecule has 0 radical (unpaired) electrons. The molecule has 8 nitrogen and oxygen atoms in total. The summed E-state index contributed by atoms with van der Waals surface area (Å²) in [7, 11) is 0. The van der Waals surface area contributed by atoms with Crippen molar-refractivity contribution in [3.05, 3.63) is 36.2 Å². The lowest BCUT2D eigenvalue weighted by molar-refractivity contribution is -0.151. The van der Waals surface area contributed by atoms with E-state index in [-0.39, 0.29) is 30.0 Å². The van der Waals surface area contributed by atoms with Crippen LogP contribution in [0.5, 0.6) is 0 Å². The van der Waals surface area contributed by atoms with Crippen molar-refractivity contribution >= 4 is 28.9 Å². The second-order valence-corrected chi connectivity index (χ2v) is 6.25. The molecule has 1 aliphatic heterocycles. The summed E-state index contributed by atoms with van der Waals surface area (Å²) >= 11 is 0. The molecule has 0 aliphatic carbocycles. The maximum Gasteiger partial charge on any atom is 0.359 e. The number of amides is 1. The molecule has 1 saturated heterocycles. The average Bonchev–Trinajstić information content (AvgIpc) is 2.71. The van der Waals surface area contributed by atoms with Crippen molar-refractivity contribution in [2.24, 2.45) is 5.92 Å². The van der Waals surface area contributed by atoms with E-state index in [1.54, 1.807) is 25.1 Å². The van der Waals surface area contributed by atoms with E-state index in [0.29, 0.717) is 37.0 Å². The van der Waals surface area contributed by atoms with E-state index in [4.69, 9.17) is 9.47 Å². The molecule has 142 valence electrons. The van der Waals surface area contributed by atoms with Gasteiger partial charge in [0.1, 0.15) is 0 Å². The number of ether oxygens (including phenoxy) is 2. The number of fused-ring (bicyclic) bond motifs is 1. The van der Waals surface area contributed by atoms with Gasteiger partial charge in [-0.05, 0) is 31.9 Å². The first-order chi connectivity index (χ1) is 13.1. The van der Waals surface area contributed by atoms with E-state index >= 15 is 0 Å². The van der Waals surface area contributed by atoms with Crippen LogP contribution in [0.25, 0.3) is 11.0 Å². The number of carbonyl (C=O) groups excluding carboxylic acids is 3. The predicted octanol–water partition coefficient (Wildman–Crippen LogP) is 1.59. The van der Waals surface area contributed by atoms with Gasteiger partial charge in [-0.15, -0.1) is 0 Å². The van der Waals surface area contributed by atoms with Crippen LogP contribution in [-0.2, 0) is 19.1 Å². The first-order valence-corrected chi connectivity index (χ1v) is 8.91. The van der Waals surface area contributed by atoms with E-state index in [0.717, 1.165) is 0 Å². The van der Waals surface area contributed by atoms with E-state index in [1.165, 1.54) is 11.1 Å². The Morgan fingerprint density at radius 2 is 1.96 bits per heavy atom. The lowest BCUT2D eigenvalue weighted by Gasteiger charge is -2.31. The minimum atomic E-state index is -0.708. The number of esters is 2. The first-order valence-electron chi connectivity index (χ1n) is 8.91. The third-order valence-corrected chi connectivity index (χ3v) is 4.38. The number of rotatable bonds is 5. The van der Waals surface area contributed by atoms with Gasteiger partial charge in [-0.2, -0.15) is 0 Å². The number of para-hydroxylation sites is 2. The third-order valence-electron chi connectivity index (χ3n) is 4.38. The topological polar surface area (TPSA) is 98.7 Å². The van der Waals surface area contributed by atoms with Crippen LogP contribution in [0.15, 0.2) is 30.5 Å². The largest absolute Gasteiger partial charge is 0.466 e. The quantitative estimate of drug-likeness (QED) is 0.736. The van der Waals surface area contributed by atoms with Crippen LogP contribution in [0.1, 0.15) is 30.3 Å². The molecule has 1 aromatic carbocycles. The second kappa shape index (κ2) is 8.57. The number of hydrogen-bond donors (Lipinski definition) is 0. The molecule has 0 bridgehead atoms. The van der Waals surface area contributed by atoms with Gasteiger partial charge >= 0.3 is 11.9 Å². The van der Waals surface area contributed by atoms with Crippen LogP contribution in [0.3, 0.4) is 0 Å². The minimum Gasteiger partial charge on any atom is -0.466 e. The van der Waals surface area contributed by atoms with Crippen LogP contribution < -0.4 is 0 Å². The lowest BCUT2D eigenvalue weighted by atomic mass is 9.98. The van der Waals surface area contributed by atoms with E-state index in [2.05, 4.69) is 9.97 Å². The van der Waals surface area contributed by atoms with Gasteiger partial charge in [-0.3, -0.25) is 14.6 Å². The van der Waals surface area contributed by atoms with Crippen LogP contribution in [0.2, 0.25) is 0 Å². The molecule has 1 atom stereocenters. The Balaban J connectivity index is 1.56. The second-order valence-electron chi connectivity index (χ2n) is 6.25. The number of likely N-dealkylation sites (tertiary alicyclic amines) is 1. The Morgan fingerprint density at radius 1 is 1.19 bits per heavy atom. The standard InChI is InChI=1S/C19H21N3O5/c1-2-26-18(24)13-6-5-9-22(11-13)17(23)12-27-19(25)16-10-20-14-7-3-4-8-15(14)21-16/h3-4,7-8,10,13H,2,5-6,9,11-12H2,1H3.